The van der Waals surface area contributed by atoms with Crippen molar-refractivity contribution in [2.75, 3.05) is 19.8 Å². The van der Waals surface area contributed by atoms with Crippen LogP contribution in [0.25, 0.3) is 0 Å². The monoisotopic (exact) mass is 229 g/mol. The molecule has 1 aliphatic rings. The van der Waals surface area contributed by atoms with Crippen molar-refractivity contribution in [1.82, 2.24) is 5.32 Å². The minimum absolute atomic E-state index is 0.204. The molecular weight excluding hydrogens is 202 g/mol. The van der Waals surface area contributed by atoms with Crippen molar-refractivity contribution in [3.63, 3.8) is 0 Å². The van der Waals surface area contributed by atoms with Gasteiger partial charge in [-0.1, -0.05) is 20.8 Å². The summed E-state index contributed by atoms with van der Waals surface area (Å²) in [7, 11) is 0. The second-order valence-electron chi connectivity index (χ2n) is 6.22. The van der Waals surface area contributed by atoms with Crippen LogP contribution in [0.2, 0.25) is 0 Å². The van der Waals surface area contributed by atoms with Crippen LogP contribution in [0.3, 0.4) is 0 Å². The van der Waals surface area contributed by atoms with Gasteiger partial charge in [0.1, 0.15) is 0 Å². The Labute approximate surface area is 99.6 Å². The van der Waals surface area contributed by atoms with E-state index in [4.69, 9.17) is 4.74 Å². The van der Waals surface area contributed by atoms with E-state index < -0.39 is 0 Å². The van der Waals surface area contributed by atoms with E-state index in [1.54, 1.807) is 0 Å². The van der Waals surface area contributed by atoms with Gasteiger partial charge < -0.3 is 15.2 Å². The molecule has 0 amide bonds. The van der Waals surface area contributed by atoms with Gasteiger partial charge >= 0.3 is 0 Å². The van der Waals surface area contributed by atoms with Crippen molar-refractivity contribution in [2.45, 2.75) is 52.6 Å². The number of hydrogen-bond donors (Lipinski definition) is 2. The zero-order valence-corrected chi connectivity index (χ0v) is 11.1. The normalized spacial score (nSPS) is 25.7. The summed E-state index contributed by atoms with van der Waals surface area (Å²) in [6, 6.07) is 0.637. The van der Waals surface area contributed by atoms with Gasteiger partial charge in [0, 0.05) is 18.7 Å². The summed E-state index contributed by atoms with van der Waals surface area (Å²) in [4.78, 5) is 0. The van der Waals surface area contributed by atoms with E-state index in [1.807, 2.05) is 0 Å². The molecule has 0 spiro atoms. The number of rotatable bonds is 5. The van der Waals surface area contributed by atoms with Crippen LogP contribution in [0, 0.1) is 11.3 Å². The first-order chi connectivity index (χ1) is 7.42. The molecule has 1 saturated heterocycles. The Kier molecular flexibility index (Phi) is 5.22. The van der Waals surface area contributed by atoms with Crippen molar-refractivity contribution in [3.8, 4) is 0 Å². The molecule has 2 N–H and O–H groups in total. The van der Waals surface area contributed by atoms with Gasteiger partial charge in [0.05, 0.1) is 13.2 Å². The lowest BCUT2D eigenvalue weighted by Gasteiger charge is -2.30. The van der Waals surface area contributed by atoms with E-state index in [1.165, 1.54) is 0 Å². The molecule has 3 nitrogen and oxygen atoms in total. The number of nitrogens with one attached hydrogen (secondary N) is 1. The maximum atomic E-state index is 9.39. The zero-order chi connectivity index (χ0) is 12.2. The first-order valence-corrected chi connectivity index (χ1v) is 6.37. The Hall–Kier alpha value is -0.120. The summed E-state index contributed by atoms with van der Waals surface area (Å²) in [5, 5.41) is 12.9. The molecule has 0 aromatic carbocycles. The van der Waals surface area contributed by atoms with E-state index in [2.05, 4.69) is 33.0 Å². The van der Waals surface area contributed by atoms with Crippen LogP contribution < -0.4 is 5.32 Å². The molecule has 3 unspecified atom stereocenters. The Morgan fingerprint density at radius 3 is 2.56 bits per heavy atom. The quantitative estimate of drug-likeness (QED) is 0.755. The van der Waals surface area contributed by atoms with Crippen molar-refractivity contribution in [3.05, 3.63) is 0 Å². The highest BCUT2D eigenvalue weighted by Crippen LogP contribution is 2.22. The standard InChI is InChI=1S/C13H27NO2/c1-10(11-5-6-16-9-11)14-12(8-15)7-13(2,3)4/h10-12,14-15H,5-9H2,1-4H3. The van der Waals surface area contributed by atoms with E-state index in [0.717, 1.165) is 26.1 Å². The van der Waals surface area contributed by atoms with Gasteiger partial charge in [0.15, 0.2) is 0 Å². The SMILES string of the molecule is CC(NC(CO)CC(C)(C)C)C1CCOC1. The first kappa shape index (κ1) is 13.9. The van der Waals surface area contributed by atoms with E-state index >= 15 is 0 Å². The molecule has 3 heteroatoms. The average molecular weight is 229 g/mol. The van der Waals surface area contributed by atoms with Crippen LogP contribution >= 0.6 is 0 Å². The summed E-state index contributed by atoms with van der Waals surface area (Å²) < 4.78 is 5.39. The Morgan fingerprint density at radius 2 is 2.12 bits per heavy atom. The lowest BCUT2D eigenvalue weighted by atomic mass is 9.87. The third-order valence-electron chi connectivity index (χ3n) is 3.25. The second kappa shape index (κ2) is 5.99. The second-order valence-corrected chi connectivity index (χ2v) is 6.22. The van der Waals surface area contributed by atoms with Crippen molar-refractivity contribution in [1.29, 1.82) is 0 Å². The Bertz CT molecular complexity index is 195. The van der Waals surface area contributed by atoms with E-state index in [-0.39, 0.29) is 18.1 Å². The highest BCUT2D eigenvalue weighted by Gasteiger charge is 2.25. The number of aliphatic hydroxyl groups excluding tert-OH is 1. The molecule has 0 bridgehead atoms. The zero-order valence-electron chi connectivity index (χ0n) is 11.1. The predicted molar refractivity (Wildman–Crippen MR) is 66.5 cm³/mol. The third kappa shape index (κ3) is 4.81. The molecule has 16 heavy (non-hydrogen) atoms. The van der Waals surface area contributed by atoms with Crippen molar-refractivity contribution in [2.24, 2.45) is 11.3 Å². The maximum absolute atomic E-state index is 9.39. The number of aliphatic hydroxyl groups is 1. The number of hydrogen-bond acceptors (Lipinski definition) is 3. The van der Waals surface area contributed by atoms with Crippen molar-refractivity contribution < 1.29 is 9.84 Å². The highest BCUT2D eigenvalue weighted by molar-refractivity contribution is 4.81. The summed E-state index contributed by atoms with van der Waals surface area (Å²) >= 11 is 0. The van der Waals surface area contributed by atoms with Crippen LogP contribution in [0.15, 0.2) is 0 Å². The molecule has 0 aliphatic carbocycles. The third-order valence-corrected chi connectivity index (χ3v) is 3.25. The Balaban J connectivity index is 2.36. The summed E-state index contributed by atoms with van der Waals surface area (Å²) in [6.45, 7) is 10.8. The smallest absolute Gasteiger partial charge is 0.0584 e. The molecular formula is C13H27NO2. The molecule has 0 aromatic rings. The fourth-order valence-corrected chi connectivity index (χ4v) is 2.37. The summed E-state index contributed by atoms with van der Waals surface area (Å²) in [6.07, 6.45) is 2.14. The minimum Gasteiger partial charge on any atom is -0.395 e. The molecule has 1 fully saturated rings. The van der Waals surface area contributed by atoms with Gasteiger partial charge in [-0.3, -0.25) is 0 Å². The van der Waals surface area contributed by atoms with Gasteiger partial charge in [-0.25, -0.2) is 0 Å². The maximum Gasteiger partial charge on any atom is 0.0584 e. The van der Waals surface area contributed by atoms with Gasteiger partial charge in [-0.05, 0) is 31.1 Å². The van der Waals surface area contributed by atoms with Crippen LogP contribution in [-0.2, 0) is 4.74 Å². The minimum atomic E-state index is 0.204. The average Bonchev–Trinajstić information content (AvgIpc) is 2.67. The highest BCUT2D eigenvalue weighted by atomic mass is 16.5. The largest absolute Gasteiger partial charge is 0.395 e. The lowest BCUT2D eigenvalue weighted by molar-refractivity contribution is 0.158. The lowest BCUT2D eigenvalue weighted by Crippen LogP contribution is -2.44. The molecule has 0 radical (unpaired) electrons. The molecule has 1 aliphatic heterocycles. The molecule has 3 atom stereocenters. The van der Waals surface area contributed by atoms with Crippen LogP contribution in [-0.4, -0.2) is 37.0 Å². The molecule has 96 valence electrons. The first-order valence-electron chi connectivity index (χ1n) is 6.37. The van der Waals surface area contributed by atoms with Crippen LogP contribution in [0.1, 0.15) is 40.5 Å². The Morgan fingerprint density at radius 1 is 1.44 bits per heavy atom. The number of ether oxygens (including phenoxy) is 1. The fourth-order valence-electron chi connectivity index (χ4n) is 2.37. The van der Waals surface area contributed by atoms with Gasteiger partial charge in [0.2, 0.25) is 0 Å². The van der Waals surface area contributed by atoms with Gasteiger partial charge in [-0.15, -0.1) is 0 Å². The van der Waals surface area contributed by atoms with Crippen molar-refractivity contribution >= 4 is 0 Å². The summed E-state index contributed by atoms with van der Waals surface area (Å²) in [5.41, 5.74) is 0.256. The van der Waals surface area contributed by atoms with E-state index in [0.29, 0.717) is 12.0 Å². The fraction of sp³-hybridized carbons (Fsp3) is 1.00. The molecule has 0 aromatic heterocycles. The van der Waals surface area contributed by atoms with Gasteiger partial charge in [-0.2, -0.15) is 0 Å². The molecule has 1 rings (SSSR count). The van der Waals surface area contributed by atoms with Crippen LogP contribution in [0.5, 0.6) is 0 Å². The summed E-state index contributed by atoms with van der Waals surface area (Å²) in [5.74, 6) is 0.606. The van der Waals surface area contributed by atoms with E-state index in [9.17, 15) is 5.11 Å². The molecule has 0 saturated carbocycles. The molecule has 1 heterocycles. The van der Waals surface area contributed by atoms with Gasteiger partial charge in [0.25, 0.3) is 0 Å². The predicted octanol–water partition coefficient (Wildman–Crippen LogP) is 1.80. The van der Waals surface area contributed by atoms with Crippen LogP contribution in [0.4, 0.5) is 0 Å². The topological polar surface area (TPSA) is 41.5 Å².